The Balaban J connectivity index is 1.64. The number of thiophene rings is 1. The lowest BCUT2D eigenvalue weighted by Gasteiger charge is -2.18. The summed E-state index contributed by atoms with van der Waals surface area (Å²) in [4.78, 5) is 39.8. The van der Waals surface area contributed by atoms with Crippen molar-refractivity contribution >= 4 is 34.8 Å². The van der Waals surface area contributed by atoms with Gasteiger partial charge < -0.3 is 15.0 Å². The molecule has 2 aromatic carbocycles. The summed E-state index contributed by atoms with van der Waals surface area (Å²) in [5, 5.41) is 4.61. The van der Waals surface area contributed by atoms with Gasteiger partial charge in [0.25, 0.3) is 11.8 Å². The molecule has 3 rings (SSSR count). The molecule has 0 aliphatic rings. The third kappa shape index (κ3) is 5.30. The fourth-order valence-electron chi connectivity index (χ4n) is 2.66. The Bertz CT molecular complexity index is 987. The summed E-state index contributed by atoms with van der Waals surface area (Å²) in [5.41, 5.74) is 1.03. The van der Waals surface area contributed by atoms with Crippen molar-refractivity contribution in [3.05, 3.63) is 88.1 Å². The van der Waals surface area contributed by atoms with Crippen molar-refractivity contribution in [1.29, 1.82) is 0 Å². The average Bonchev–Trinajstić information content (AvgIpc) is 3.29. The Morgan fingerprint density at radius 2 is 1.62 bits per heavy atom. The number of carbonyl (C=O) groups is 3. The van der Waals surface area contributed by atoms with Crippen LogP contribution in [-0.2, 0) is 16.1 Å². The predicted octanol–water partition coefficient (Wildman–Crippen LogP) is 3.50. The minimum absolute atomic E-state index is 0.117. The van der Waals surface area contributed by atoms with Crippen LogP contribution in [0.2, 0.25) is 0 Å². The number of benzene rings is 2. The summed E-state index contributed by atoms with van der Waals surface area (Å²) in [7, 11) is 1.64. The third-order valence-electron chi connectivity index (χ3n) is 4.20. The topological polar surface area (TPSA) is 75.7 Å². The maximum absolute atomic E-state index is 12.9. The summed E-state index contributed by atoms with van der Waals surface area (Å²) in [6.45, 7) is -0.0355. The summed E-state index contributed by atoms with van der Waals surface area (Å²) in [5.74, 6) is -1.47. The van der Waals surface area contributed by atoms with E-state index in [1.165, 1.54) is 22.3 Å². The van der Waals surface area contributed by atoms with E-state index in [1.54, 1.807) is 37.4 Å². The van der Waals surface area contributed by atoms with Gasteiger partial charge >= 0.3 is 5.97 Å². The Morgan fingerprint density at radius 1 is 0.931 bits per heavy atom. The Labute approximate surface area is 172 Å². The molecule has 1 N–H and O–H groups in total. The summed E-state index contributed by atoms with van der Waals surface area (Å²) < 4.78 is 5.12. The Kier molecular flexibility index (Phi) is 6.76. The van der Waals surface area contributed by atoms with Crippen LogP contribution in [0.15, 0.2) is 72.1 Å². The highest BCUT2D eigenvalue weighted by atomic mass is 32.1. The lowest BCUT2D eigenvalue weighted by Crippen LogP contribution is -2.30. The number of hydrogen-bond donors (Lipinski definition) is 1. The molecule has 0 bridgehead atoms. The number of carbonyl (C=O) groups excluding carboxylic acids is 3. The maximum atomic E-state index is 12.9. The van der Waals surface area contributed by atoms with Crippen molar-refractivity contribution in [2.45, 2.75) is 6.54 Å². The molecule has 2 amide bonds. The van der Waals surface area contributed by atoms with Crippen LogP contribution in [0.1, 0.15) is 25.6 Å². The smallest absolute Gasteiger partial charge is 0.339 e. The molecule has 0 saturated heterocycles. The lowest BCUT2D eigenvalue weighted by atomic mass is 10.1. The SMILES string of the molecule is CN(C(=O)c1ccccc1C(=O)OCC(=O)NCc1cccs1)c1ccccc1. The number of nitrogens with one attached hydrogen (secondary N) is 1. The van der Waals surface area contributed by atoms with E-state index in [4.69, 9.17) is 4.74 Å². The van der Waals surface area contributed by atoms with Gasteiger partial charge in [-0.05, 0) is 35.7 Å². The van der Waals surface area contributed by atoms with Gasteiger partial charge in [-0.1, -0.05) is 36.4 Å². The van der Waals surface area contributed by atoms with Crippen molar-refractivity contribution in [3.63, 3.8) is 0 Å². The zero-order valence-corrected chi connectivity index (χ0v) is 16.6. The van der Waals surface area contributed by atoms with Gasteiger partial charge in [0.1, 0.15) is 0 Å². The quantitative estimate of drug-likeness (QED) is 0.607. The number of esters is 1. The molecule has 0 fully saturated rings. The van der Waals surface area contributed by atoms with Crippen LogP contribution in [0, 0.1) is 0 Å². The van der Waals surface area contributed by atoms with E-state index in [2.05, 4.69) is 5.32 Å². The summed E-state index contributed by atoms with van der Waals surface area (Å²) in [6, 6.07) is 19.3. The summed E-state index contributed by atoms with van der Waals surface area (Å²) >= 11 is 1.53. The Morgan fingerprint density at radius 3 is 2.31 bits per heavy atom. The molecule has 0 aliphatic carbocycles. The third-order valence-corrected chi connectivity index (χ3v) is 5.08. The molecule has 29 heavy (non-hydrogen) atoms. The molecule has 0 saturated carbocycles. The number of para-hydroxylation sites is 1. The van der Waals surface area contributed by atoms with Gasteiger partial charge in [0.2, 0.25) is 0 Å². The number of ether oxygens (including phenoxy) is 1. The number of anilines is 1. The zero-order chi connectivity index (χ0) is 20.6. The normalized spacial score (nSPS) is 10.2. The molecular weight excluding hydrogens is 388 g/mol. The number of rotatable bonds is 7. The second-order valence-corrected chi connectivity index (χ2v) is 7.21. The van der Waals surface area contributed by atoms with Crippen molar-refractivity contribution < 1.29 is 19.1 Å². The Hall–Kier alpha value is -3.45. The maximum Gasteiger partial charge on any atom is 0.339 e. The molecule has 0 aliphatic heterocycles. The van der Waals surface area contributed by atoms with E-state index in [-0.39, 0.29) is 17.0 Å². The van der Waals surface area contributed by atoms with E-state index in [1.807, 2.05) is 35.7 Å². The van der Waals surface area contributed by atoms with Crippen molar-refractivity contribution in [3.8, 4) is 0 Å². The first kappa shape index (κ1) is 20.3. The molecule has 3 aromatic rings. The lowest BCUT2D eigenvalue weighted by molar-refractivity contribution is -0.124. The van der Waals surface area contributed by atoms with Gasteiger partial charge in [-0.25, -0.2) is 4.79 Å². The van der Waals surface area contributed by atoms with Gasteiger partial charge in [-0.3, -0.25) is 9.59 Å². The minimum atomic E-state index is -0.721. The fourth-order valence-corrected chi connectivity index (χ4v) is 3.30. The first-order valence-electron chi connectivity index (χ1n) is 8.94. The van der Waals surface area contributed by atoms with E-state index in [9.17, 15) is 14.4 Å². The first-order valence-corrected chi connectivity index (χ1v) is 9.82. The van der Waals surface area contributed by atoms with Gasteiger partial charge in [0.05, 0.1) is 17.7 Å². The molecule has 148 valence electrons. The highest BCUT2D eigenvalue weighted by molar-refractivity contribution is 7.09. The van der Waals surface area contributed by atoms with Crippen molar-refractivity contribution in [1.82, 2.24) is 5.32 Å². The molecule has 0 spiro atoms. The highest BCUT2D eigenvalue weighted by Gasteiger charge is 2.22. The van der Waals surface area contributed by atoms with Gasteiger partial charge in [0, 0.05) is 17.6 Å². The van der Waals surface area contributed by atoms with E-state index in [0.717, 1.165) is 4.88 Å². The van der Waals surface area contributed by atoms with Crippen LogP contribution in [0.25, 0.3) is 0 Å². The van der Waals surface area contributed by atoms with Crippen LogP contribution in [-0.4, -0.2) is 31.4 Å². The van der Waals surface area contributed by atoms with Crippen LogP contribution in [0.5, 0.6) is 0 Å². The highest BCUT2D eigenvalue weighted by Crippen LogP contribution is 2.18. The predicted molar refractivity (Wildman–Crippen MR) is 112 cm³/mol. The number of hydrogen-bond acceptors (Lipinski definition) is 5. The molecule has 7 heteroatoms. The standard InChI is InChI=1S/C22H20N2O4S/c1-24(16-8-3-2-4-9-16)21(26)18-11-5-6-12-19(18)22(27)28-15-20(25)23-14-17-10-7-13-29-17/h2-13H,14-15H2,1H3,(H,23,25). The molecule has 1 aromatic heterocycles. The molecule has 0 atom stereocenters. The molecule has 6 nitrogen and oxygen atoms in total. The second kappa shape index (κ2) is 9.66. The minimum Gasteiger partial charge on any atom is -0.452 e. The molecule has 0 unspecified atom stereocenters. The summed E-state index contributed by atoms with van der Waals surface area (Å²) in [6.07, 6.45) is 0. The van der Waals surface area contributed by atoms with E-state index < -0.39 is 18.5 Å². The van der Waals surface area contributed by atoms with Crippen LogP contribution in [0.3, 0.4) is 0 Å². The van der Waals surface area contributed by atoms with Gasteiger partial charge in [0.15, 0.2) is 6.61 Å². The number of nitrogens with zero attached hydrogens (tertiary/aromatic N) is 1. The zero-order valence-electron chi connectivity index (χ0n) is 15.8. The monoisotopic (exact) mass is 408 g/mol. The molecular formula is C22H20N2O4S. The van der Waals surface area contributed by atoms with Crippen molar-refractivity contribution in [2.24, 2.45) is 0 Å². The fraction of sp³-hybridized carbons (Fsp3) is 0.136. The average molecular weight is 408 g/mol. The largest absolute Gasteiger partial charge is 0.452 e. The van der Waals surface area contributed by atoms with Crippen molar-refractivity contribution in [2.75, 3.05) is 18.6 Å². The molecule has 0 radical (unpaired) electrons. The van der Waals surface area contributed by atoms with Crippen LogP contribution in [0.4, 0.5) is 5.69 Å². The van der Waals surface area contributed by atoms with Crippen LogP contribution >= 0.6 is 11.3 Å². The first-order chi connectivity index (χ1) is 14.1. The number of amides is 2. The van der Waals surface area contributed by atoms with E-state index in [0.29, 0.717) is 12.2 Å². The van der Waals surface area contributed by atoms with Gasteiger partial charge in [-0.15, -0.1) is 11.3 Å². The van der Waals surface area contributed by atoms with Crippen LogP contribution < -0.4 is 10.2 Å². The molecule has 1 heterocycles. The van der Waals surface area contributed by atoms with E-state index >= 15 is 0 Å². The van der Waals surface area contributed by atoms with Gasteiger partial charge in [-0.2, -0.15) is 0 Å². The second-order valence-electron chi connectivity index (χ2n) is 6.18.